The van der Waals surface area contributed by atoms with Crippen molar-refractivity contribution in [3.05, 3.63) is 59.4 Å². The van der Waals surface area contributed by atoms with Gasteiger partial charge in [0.2, 0.25) is 0 Å². The van der Waals surface area contributed by atoms with E-state index in [2.05, 4.69) is 10.0 Å². The number of halogens is 1. The summed E-state index contributed by atoms with van der Waals surface area (Å²) in [6.07, 6.45) is 1.53. The molecule has 26 heavy (non-hydrogen) atoms. The molecule has 0 aliphatic carbocycles. The van der Waals surface area contributed by atoms with Gasteiger partial charge in [0.25, 0.3) is 15.9 Å². The second-order valence-electron chi connectivity index (χ2n) is 5.81. The molecule has 0 saturated carbocycles. The van der Waals surface area contributed by atoms with Crippen molar-refractivity contribution in [3.8, 4) is 0 Å². The molecule has 6 nitrogen and oxygen atoms in total. The molecule has 0 fully saturated rings. The second-order valence-corrected chi connectivity index (χ2v) is 7.46. The van der Waals surface area contributed by atoms with Crippen LogP contribution < -0.4 is 15.8 Å². The van der Waals surface area contributed by atoms with Gasteiger partial charge in [-0.15, -0.1) is 0 Å². The minimum atomic E-state index is -3.96. The number of unbranched alkanes of at least 4 members (excludes halogenated alkanes) is 1. The predicted octanol–water partition coefficient (Wildman–Crippen LogP) is 2.40. The van der Waals surface area contributed by atoms with Gasteiger partial charge in [-0.05, 0) is 62.2 Å². The molecule has 0 spiro atoms. The lowest BCUT2D eigenvalue weighted by atomic mass is 10.1. The summed E-state index contributed by atoms with van der Waals surface area (Å²) in [7, 11) is -3.96. The van der Waals surface area contributed by atoms with Gasteiger partial charge in [-0.25, -0.2) is 12.8 Å². The number of para-hydroxylation sites is 1. The van der Waals surface area contributed by atoms with Gasteiger partial charge >= 0.3 is 0 Å². The van der Waals surface area contributed by atoms with E-state index in [1.54, 1.807) is 12.1 Å². The molecule has 2 rings (SSSR count). The van der Waals surface area contributed by atoms with Crippen molar-refractivity contribution in [1.29, 1.82) is 0 Å². The van der Waals surface area contributed by atoms with Gasteiger partial charge in [-0.1, -0.05) is 12.1 Å². The van der Waals surface area contributed by atoms with E-state index in [0.29, 0.717) is 13.1 Å². The molecule has 0 atom stereocenters. The third-order valence-corrected chi connectivity index (χ3v) is 5.28. The molecular formula is C18H22FN3O3S. The summed E-state index contributed by atoms with van der Waals surface area (Å²) >= 11 is 0. The summed E-state index contributed by atoms with van der Waals surface area (Å²) in [5, 5.41) is 2.74. The molecule has 2 aromatic carbocycles. The highest BCUT2D eigenvalue weighted by Crippen LogP contribution is 2.22. The first-order valence-electron chi connectivity index (χ1n) is 8.21. The van der Waals surface area contributed by atoms with E-state index < -0.39 is 15.8 Å². The quantitative estimate of drug-likeness (QED) is 0.613. The van der Waals surface area contributed by atoms with E-state index >= 15 is 0 Å². The Hall–Kier alpha value is -2.45. The van der Waals surface area contributed by atoms with E-state index in [1.807, 2.05) is 0 Å². The van der Waals surface area contributed by atoms with Crippen molar-refractivity contribution in [3.63, 3.8) is 0 Å². The topological polar surface area (TPSA) is 101 Å². The standard InChI is InChI=1S/C18H22FN3O3S/c1-13-12-14(19)8-9-17(13)26(24,25)22-16-7-3-2-6-15(16)18(23)21-11-5-4-10-20/h2-3,6-9,12,22H,4-5,10-11,20H2,1H3,(H,21,23). The number of amides is 1. The van der Waals surface area contributed by atoms with Gasteiger partial charge in [0.15, 0.2) is 0 Å². The number of sulfonamides is 1. The number of aryl methyl sites for hydroxylation is 1. The molecule has 0 aliphatic rings. The zero-order valence-electron chi connectivity index (χ0n) is 14.5. The van der Waals surface area contributed by atoms with Crippen molar-refractivity contribution in [2.24, 2.45) is 5.73 Å². The minimum absolute atomic E-state index is 0.0444. The first-order valence-corrected chi connectivity index (χ1v) is 9.70. The molecule has 140 valence electrons. The molecule has 0 bridgehead atoms. The fraction of sp³-hybridized carbons (Fsp3) is 0.278. The van der Waals surface area contributed by atoms with Gasteiger partial charge in [0, 0.05) is 6.54 Å². The molecule has 0 aliphatic heterocycles. The Kier molecular flexibility index (Phi) is 6.70. The molecular weight excluding hydrogens is 357 g/mol. The van der Waals surface area contributed by atoms with Crippen LogP contribution in [0.5, 0.6) is 0 Å². The van der Waals surface area contributed by atoms with Crippen molar-refractivity contribution in [2.45, 2.75) is 24.7 Å². The van der Waals surface area contributed by atoms with Crippen LogP contribution in [0.15, 0.2) is 47.4 Å². The molecule has 0 heterocycles. The third-order valence-electron chi connectivity index (χ3n) is 3.76. The van der Waals surface area contributed by atoms with Crippen LogP contribution in [0.4, 0.5) is 10.1 Å². The Labute approximate surface area is 152 Å². The summed E-state index contributed by atoms with van der Waals surface area (Å²) in [6.45, 7) is 2.51. The SMILES string of the molecule is Cc1cc(F)ccc1S(=O)(=O)Nc1ccccc1C(=O)NCCCCN. The molecule has 0 aromatic heterocycles. The number of hydrogen-bond acceptors (Lipinski definition) is 4. The number of carbonyl (C=O) groups is 1. The maximum atomic E-state index is 13.2. The van der Waals surface area contributed by atoms with Crippen molar-refractivity contribution < 1.29 is 17.6 Å². The van der Waals surface area contributed by atoms with Gasteiger partial charge in [0.1, 0.15) is 5.82 Å². The number of benzene rings is 2. The maximum absolute atomic E-state index is 13.2. The van der Waals surface area contributed by atoms with E-state index in [9.17, 15) is 17.6 Å². The molecule has 2 aromatic rings. The van der Waals surface area contributed by atoms with Crippen molar-refractivity contribution >= 4 is 21.6 Å². The first-order chi connectivity index (χ1) is 12.3. The molecule has 1 amide bonds. The summed E-state index contributed by atoms with van der Waals surface area (Å²) in [6, 6.07) is 9.74. The Morgan fingerprint density at radius 2 is 1.88 bits per heavy atom. The van der Waals surface area contributed by atoms with Crippen LogP contribution in [0.3, 0.4) is 0 Å². The zero-order valence-corrected chi connectivity index (χ0v) is 15.3. The lowest BCUT2D eigenvalue weighted by molar-refractivity contribution is 0.0954. The highest BCUT2D eigenvalue weighted by molar-refractivity contribution is 7.92. The summed E-state index contributed by atoms with van der Waals surface area (Å²) in [5.74, 6) is -0.894. The predicted molar refractivity (Wildman–Crippen MR) is 99.0 cm³/mol. The number of rotatable bonds is 8. The Morgan fingerprint density at radius 1 is 1.15 bits per heavy atom. The maximum Gasteiger partial charge on any atom is 0.262 e. The average molecular weight is 379 g/mol. The third kappa shape index (κ3) is 5.03. The summed E-state index contributed by atoms with van der Waals surface area (Å²) in [4.78, 5) is 12.3. The number of nitrogens with two attached hydrogens (primary N) is 1. The largest absolute Gasteiger partial charge is 0.352 e. The van der Waals surface area contributed by atoms with Crippen LogP contribution in [0.2, 0.25) is 0 Å². The van der Waals surface area contributed by atoms with Gasteiger partial charge in [-0.3, -0.25) is 9.52 Å². The van der Waals surface area contributed by atoms with Crippen molar-refractivity contribution in [1.82, 2.24) is 5.32 Å². The van der Waals surface area contributed by atoms with Gasteiger partial charge in [-0.2, -0.15) is 0 Å². The molecule has 4 N–H and O–H groups in total. The van der Waals surface area contributed by atoms with Crippen LogP contribution >= 0.6 is 0 Å². The van der Waals surface area contributed by atoms with Crippen LogP contribution in [-0.2, 0) is 10.0 Å². The lowest BCUT2D eigenvalue weighted by Crippen LogP contribution is -2.26. The lowest BCUT2D eigenvalue weighted by Gasteiger charge is -2.14. The Bertz CT molecular complexity index is 885. The number of hydrogen-bond donors (Lipinski definition) is 3. The van der Waals surface area contributed by atoms with Crippen LogP contribution in [0.25, 0.3) is 0 Å². The van der Waals surface area contributed by atoms with E-state index in [0.717, 1.165) is 25.0 Å². The fourth-order valence-electron chi connectivity index (χ4n) is 2.45. The molecule has 0 saturated heterocycles. The first kappa shape index (κ1) is 19.9. The number of carbonyl (C=O) groups excluding carboxylic acids is 1. The van der Waals surface area contributed by atoms with Crippen LogP contribution in [0, 0.1) is 12.7 Å². The molecule has 8 heteroatoms. The van der Waals surface area contributed by atoms with Crippen LogP contribution in [-0.4, -0.2) is 27.4 Å². The fourth-order valence-corrected chi connectivity index (χ4v) is 3.76. The average Bonchev–Trinajstić information content (AvgIpc) is 2.58. The van der Waals surface area contributed by atoms with Crippen LogP contribution in [0.1, 0.15) is 28.8 Å². The molecule has 0 unspecified atom stereocenters. The number of nitrogens with one attached hydrogen (secondary N) is 2. The highest BCUT2D eigenvalue weighted by Gasteiger charge is 2.20. The number of anilines is 1. The van der Waals surface area contributed by atoms with Gasteiger partial charge < -0.3 is 11.1 Å². The Balaban J connectivity index is 2.22. The van der Waals surface area contributed by atoms with Gasteiger partial charge in [0.05, 0.1) is 16.1 Å². The smallest absolute Gasteiger partial charge is 0.262 e. The zero-order chi connectivity index (χ0) is 19.2. The summed E-state index contributed by atoms with van der Waals surface area (Å²) in [5.41, 5.74) is 6.06. The normalized spacial score (nSPS) is 11.2. The highest BCUT2D eigenvalue weighted by atomic mass is 32.2. The second kappa shape index (κ2) is 8.77. The molecule has 0 radical (unpaired) electrons. The van der Waals surface area contributed by atoms with E-state index in [1.165, 1.54) is 25.1 Å². The summed E-state index contributed by atoms with van der Waals surface area (Å²) < 4.78 is 40.9. The Morgan fingerprint density at radius 3 is 2.58 bits per heavy atom. The minimum Gasteiger partial charge on any atom is -0.352 e. The van der Waals surface area contributed by atoms with E-state index in [-0.39, 0.29) is 27.6 Å². The monoisotopic (exact) mass is 379 g/mol. The van der Waals surface area contributed by atoms with Crippen molar-refractivity contribution in [2.75, 3.05) is 17.8 Å². The van der Waals surface area contributed by atoms with E-state index in [4.69, 9.17) is 5.73 Å².